The molecule has 0 spiro atoms. The lowest BCUT2D eigenvalue weighted by Gasteiger charge is -2.12. The highest BCUT2D eigenvalue weighted by molar-refractivity contribution is 9.10. The summed E-state index contributed by atoms with van der Waals surface area (Å²) in [5, 5.41) is 14.9. The predicted molar refractivity (Wildman–Crippen MR) is 83.6 cm³/mol. The van der Waals surface area contributed by atoms with Gasteiger partial charge in [0.25, 0.3) is 0 Å². The minimum atomic E-state index is -1.03. The molecule has 2 amide bonds. The summed E-state index contributed by atoms with van der Waals surface area (Å²) in [6.45, 7) is 0.635. The highest BCUT2D eigenvalue weighted by Gasteiger charge is 2.16. The highest BCUT2D eigenvalue weighted by Crippen LogP contribution is 2.25. The van der Waals surface area contributed by atoms with Crippen molar-refractivity contribution in [2.24, 2.45) is 0 Å². The van der Waals surface area contributed by atoms with E-state index in [0.717, 1.165) is 12.2 Å². The number of aromatic carboxylic acids is 1. The van der Waals surface area contributed by atoms with Gasteiger partial charge in [-0.05, 0) is 36.8 Å². The van der Waals surface area contributed by atoms with Gasteiger partial charge in [-0.2, -0.15) is 11.8 Å². The molecule has 0 bridgehead atoms. The van der Waals surface area contributed by atoms with Gasteiger partial charge in [0, 0.05) is 22.0 Å². The van der Waals surface area contributed by atoms with Crippen LogP contribution >= 0.6 is 27.7 Å². The van der Waals surface area contributed by atoms with Gasteiger partial charge in [-0.25, -0.2) is 9.59 Å². The summed E-state index contributed by atoms with van der Waals surface area (Å²) in [6.07, 6.45) is 2.33. The summed E-state index contributed by atoms with van der Waals surface area (Å²) >= 11 is 5.10. The molecular formula is C13H15BrN2O3S. The van der Waals surface area contributed by atoms with Gasteiger partial charge < -0.3 is 15.7 Å². The van der Waals surface area contributed by atoms with Gasteiger partial charge in [0.1, 0.15) is 0 Å². The highest BCUT2D eigenvalue weighted by atomic mass is 79.9. The van der Waals surface area contributed by atoms with Crippen LogP contribution in [0.4, 0.5) is 10.5 Å². The second kappa shape index (κ2) is 6.99. The van der Waals surface area contributed by atoms with E-state index in [-0.39, 0.29) is 11.6 Å². The average molecular weight is 359 g/mol. The number of rotatable bonds is 4. The van der Waals surface area contributed by atoms with Gasteiger partial charge in [-0.1, -0.05) is 15.9 Å². The van der Waals surface area contributed by atoms with Crippen molar-refractivity contribution in [3.05, 3.63) is 28.2 Å². The van der Waals surface area contributed by atoms with E-state index in [0.29, 0.717) is 22.0 Å². The Bertz CT molecular complexity index is 518. The van der Waals surface area contributed by atoms with Gasteiger partial charge in [0.2, 0.25) is 0 Å². The van der Waals surface area contributed by atoms with Crippen molar-refractivity contribution >= 4 is 45.4 Å². The number of halogens is 1. The third kappa shape index (κ3) is 4.42. The molecule has 1 atom stereocenters. The van der Waals surface area contributed by atoms with Crippen LogP contribution < -0.4 is 10.6 Å². The van der Waals surface area contributed by atoms with Gasteiger partial charge in [-0.3, -0.25) is 0 Å². The number of anilines is 1. The quantitative estimate of drug-likeness (QED) is 0.772. The third-order valence-corrected chi connectivity index (χ3v) is 4.77. The first-order valence-electron chi connectivity index (χ1n) is 6.25. The largest absolute Gasteiger partial charge is 0.478 e. The molecule has 1 fully saturated rings. The summed E-state index contributed by atoms with van der Waals surface area (Å²) in [5.74, 6) is 0.124. The van der Waals surface area contributed by atoms with Crippen molar-refractivity contribution in [2.75, 3.05) is 17.6 Å². The summed E-state index contributed by atoms with van der Waals surface area (Å²) in [7, 11) is 0. The van der Waals surface area contributed by atoms with Crippen molar-refractivity contribution < 1.29 is 14.7 Å². The molecule has 1 saturated heterocycles. The van der Waals surface area contributed by atoms with Gasteiger partial charge in [0.15, 0.2) is 0 Å². The zero-order valence-electron chi connectivity index (χ0n) is 10.7. The molecule has 3 N–H and O–H groups in total. The SMILES string of the molecule is O=C(NCC1CCCS1)Nc1cc(Br)cc(C(=O)O)c1. The van der Waals surface area contributed by atoms with Crippen LogP contribution in [0.5, 0.6) is 0 Å². The first-order valence-corrected chi connectivity index (χ1v) is 8.09. The molecule has 0 radical (unpaired) electrons. The molecule has 20 heavy (non-hydrogen) atoms. The molecule has 1 aromatic rings. The summed E-state index contributed by atoms with van der Waals surface area (Å²) in [6, 6.07) is 4.26. The van der Waals surface area contributed by atoms with Crippen LogP contribution in [-0.2, 0) is 0 Å². The van der Waals surface area contributed by atoms with Gasteiger partial charge >= 0.3 is 12.0 Å². The number of hydrogen-bond acceptors (Lipinski definition) is 3. The molecule has 1 aliphatic heterocycles. The first-order chi connectivity index (χ1) is 9.54. The van der Waals surface area contributed by atoms with Crippen LogP contribution in [0.25, 0.3) is 0 Å². The molecular weight excluding hydrogens is 344 g/mol. The van der Waals surface area contributed by atoms with Crippen molar-refractivity contribution in [3.63, 3.8) is 0 Å². The van der Waals surface area contributed by atoms with Crippen molar-refractivity contribution in [3.8, 4) is 0 Å². The van der Waals surface area contributed by atoms with E-state index in [4.69, 9.17) is 5.11 Å². The molecule has 0 aromatic heterocycles. The number of carboxylic acid groups (broad SMARTS) is 1. The Morgan fingerprint density at radius 2 is 2.20 bits per heavy atom. The Hall–Kier alpha value is -1.21. The Morgan fingerprint density at radius 3 is 2.85 bits per heavy atom. The normalized spacial score (nSPS) is 17.8. The van der Waals surface area contributed by atoms with E-state index >= 15 is 0 Å². The average Bonchev–Trinajstić information content (AvgIpc) is 2.88. The second-order valence-corrected chi connectivity index (χ2v) is 6.83. The molecule has 2 rings (SSSR count). The lowest BCUT2D eigenvalue weighted by molar-refractivity contribution is 0.0697. The van der Waals surface area contributed by atoms with Crippen molar-refractivity contribution in [1.29, 1.82) is 0 Å². The standard InChI is InChI=1S/C13H15BrN2O3S/c14-9-4-8(12(17)18)5-10(6-9)16-13(19)15-7-11-2-1-3-20-11/h4-6,11H,1-3,7H2,(H,17,18)(H2,15,16,19). The molecule has 0 aliphatic carbocycles. The van der Waals surface area contributed by atoms with Gasteiger partial charge in [-0.15, -0.1) is 0 Å². The van der Waals surface area contributed by atoms with Crippen LogP contribution in [0.3, 0.4) is 0 Å². The van der Waals surface area contributed by atoms with E-state index in [1.54, 1.807) is 6.07 Å². The molecule has 1 aromatic carbocycles. The number of benzene rings is 1. The number of urea groups is 1. The minimum Gasteiger partial charge on any atom is -0.478 e. The van der Waals surface area contributed by atoms with E-state index in [1.165, 1.54) is 18.6 Å². The van der Waals surface area contributed by atoms with E-state index in [1.807, 2.05) is 11.8 Å². The van der Waals surface area contributed by atoms with Crippen molar-refractivity contribution in [2.45, 2.75) is 18.1 Å². The second-order valence-electron chi connectivity index (χ2n) is 4.50. The van der Waals surface area contributed by atoms with Crippen LogP contribution in [0, 0.1) is 0 Å². The third-order valence-electron chi connectivity index (χ3n) is 2.92. The minimum absolute atomic E-state index is 0.126. The first kappa shape index (κ1) is 15.2. The Morgan fingerprint density at radius 1 is 1.40 bits per heavy atom. The smallest absolute Gasteiger partial charge is 0.335 e. The molecule has 0 saturated carbocycles. The van der Waals surface area contributed by atoms with E-state index in [9.17, 15) is 9.59 Å². The topological polar surface area (TPSA) is 78.4 Å². The maximum absolute atomic E-state index is 11.8. The Kier molecular flexibility index (Phi) is 5.31. The zero-order valence-corrected chi connectivity index (χ0v) is 13.1. The molecule has 1 unspecified atom stereocenters. The van der Waals surface area contributed by atoms with E-state index < -0.39 is 5.97 Å². The monoisotopic (exact) mass is 358 g/mol. The number of carbonyl (C=O) groups is 2. The summed E-state index contributed by atoms with van der Waals surface area (Å²) in [4.78, 5) is 22.7. The zero-order chi connectivity index (χ0) is 14.5. The number of amides is 2. The van der Waals surface area contributed by atoms with Crippen LogP contribution in [0.2, 0.25) is 0 Å². The maximum Gasteiger partial charge on any atom is 0.335 e. The molecule has 5 nitrogen and oxygen atoms in total. The van der Waals surface area contributed by atoms with Crippen LogP contribution in [-0.4, -0.2) is 34.7 Å². The Labute approximate surface area is 129 Å². The molecule has 1 aliphatic rings. The number of carboxylic acids is 1. The number of nitrogens with one attached hydrogen (secondary N) is 2. The van der Waals surface area contributed by atoms with Crippen molar-refractivity contribution in [1.82, 2.24) is 5.32 Å². The fourth-order valence-electron chi connectivity index (χ4n) is 1.97. The fraction of sp³-hybridized carbons (Fsp3) is 0.385. The van der Waals surface area contributed by atoms with Gasteiger partial charge in [0.05, 0.1) is 5.56 Å². The molecule has 1 heterocycles. The number of carbonyl (C=O) groups excluding carboxylic acids is 1. The van der Waals surface area contributed by atoms with E-state index in [2.05, 4.69) is 26.6 Å². The summed E-state index contributed by atoms with van der Waals surface area (Å²) in [5.41, 5.74) is 0.578. The number of thioether (sulfide) groups is 1. The van der Waals surface area contributed by atoms with Crippen LogP contribution in [0.1, 0.15) is 23.2 Å². The van der Waals surface area contributed by atoms with Crippen LogP contribution in [0.15, 0.2) is 22.7 Å². The lowest BCUT2D eigenvalue weighted by Crippen LogP contribution is -2.33. The predicted octanol–water partition coefficient (Wildman–Crippen LogP) is 3.16. The molecule has 108 valence electrons. The lowest BCUT2D eigenvalue weighted by atomic mass is 10.2. The fourth-order valence-corrected chi connectivity index (χ4v) is 3.67. The molecule has 7 heteroatoms. The Balaban J connectivity index is 1.91. The maximum atomic E-state index is 11.8. The summed E-state index contributed by atoms with van der Waals surface area (Å²) < 4.78 is 0.610. The number of hydrogen-bond donors (Lipinski definition) is 3.